The summed E-state index contributed by atoms with van der Waals surface area (Å²) in [7, 11) is 0. The third-order valence-electron chi connectivity index (χ3n) is 3.77. The van der Waals surface area contributed by atoms with Crippen molar-refractivity contribution in [3.05, 3.63) is 76.9 Å². The van der Waals surface area contributed by atoms with Gasteiger partial charge in [-0.15, -0.1) is 0 Å². The van der Waals surface area contributed by atoms with Gasteiger partial charge in [0, 0.05) is 11.8 Å². The van der Waals surface area contributed by atoms with Crippen LogP contribution in [-0.2, 0) is 0 Å². The molecule has 0 aliphatic heterocycles. The molecule has 1 aromatic heterocycles. The fourth-order valence-electron chi connectivity index (χ4n) is 2.57. The monoisotopic (exact) mass is 345 g/mol. The molecule has 3 rings (SSSR count). The van der Waals surface area contributed by atoms with Gasteiger partial charge in [0.2, 0.25) is 0 Å². The van der Waals surface area contributed by atoms with Crippen LogP contribution in [0, 0.1) is 31.3 Å². The molecule has 0 atom stereocenters. The number of aromatic nitrogens is 2. The Balaban J connectivity index is 1.93. The first-order valence-corrected chi connectivity index (χ1v) is 7.45. The molecule has 3 aromatic rings. The number of aryl methyl sites for hydroxylation is 1. The predicted molar refractivity (Wildman–Crippen MR) is 87.3 cm³/mol. The molecule has 0 aliphatic carbocycles. The van der Waals surface area contributed by atoms with E-state index in [0.29, 0.717) is 22.6 Å². The number of halogens is 3. The van der Waals surface area contributed by atoms with Crippen LogP contribution < -0.4 is 5.32 Å². The lowest BCUT2D eigenvalue weighted by atomic mass is 10.1. The molecule has 1 N–H and O–H groups in total. The van der Waals surface area contributed by atoms with E-state index >= 15 is 0 Å². The highest BCUT2D eigenvalue weighted by Crippen LogP contribution is 2.20. The first kappa shape index (κ1) is 16.8. The highest BCUT2D eigenvalue weighted by atomic mass is 19.2. The van der Waals surface area contributed by atoms with E-state index < -0.39 is 17.5 Å². The summed E-state index contributed by atoms with van der Waals surface area (Å²) in [5, 5.41) is 6.83. The number of benzene rings is 2. The SMILES string of the molecule is Cc1nn(-c2ccc(F)cc2)c(C)c1C(=O)Nc1ccc(F)c(F)c1. The lowest BCUT2D eigenvalue weighted by Gasteiger charge is -2.07. The number of hydrogen-bond acceptors (Lipinski definition) is 2. The van der Waals surface area contributed by atoms with Gasteiger partial charge in [-0.1, -0.05) is 0 Å². The minimum atomic E-state index is -1.05. The third-order valence-corrected chi connectivity index (χ3v) is 3.77. The van der Waals surface area contributed by atoms with Gasteiger partial charge in [-0.25, -0.2) is 17.9 Å². The first-order valence-electron chi connectivity index (χ1n) is 7.45. The fraction of sp³-hybridized carbons (Fsp3) is 0.111. The minimum Gasteiger partial charge on any atom is -0.322 e. The van der Waals surface area contributed by atoms with E-state index in [9.17, 15) is 18.0 Å². The average Bonchev–Trinajstić information content (AvgIpc) is 2.86. The fourth-order valence-corrected chi connectivity index (χ4v) is 2.57. The van der Waals surface area contributed by atoms with Gasteiger partial charge in [-0.3, -0.25) is 4.79 Å². The van der Waals surface area contributed by atoms with Gasteiger partial charge in [0.15, 0.2) is 11.6 Å². The summed E-state index contributed by atoms with van der Waals surface area (Å²) in [6.45, 7) is 3.36. The summed E-state index contributed by atoms with van der Waals surface area (Å²) in [5.74, 6) is -2.90. The molecule has 128 valence electrons. The van der Waals surface area contributed by atoms with Crippen molar-refractivity contribution in [2.75, 3.05) is 5.32 Å². The summed E-state index contributed by atoms with van der Waals surface area (Å²) >= 11 is 0. The molecule has 0 bridgehead atoms. The van der Waals surface area contributed by atoms with E-state index in [0.717, 1.165) is 12.1 Å². The van der Waals surface area contributed by atoms with Gasteiger partial charge in [0.25, 0.3) is 5.91 Å². The lowest BCUT2D eigenvalue weighted by Crippen LogP contribution is -2.14. The van der Waals surface area contributed by atoms with Gasteiger partial charge in [0.1, 0.15) is 5.82 Å². The zero-order valence-corrected chi connectivity index (χ0v) is 13.5. The van der Waals surface area contributed by atoms with Crippen molar-refractivity contribution in [3.63, 3.8) is 0 Å². The number of nitrogens with zero attached hydrogens (tertiary/aromatic N) is 2. The van der Waals surface area contributed by atoms with Gasteiger partial charge in [0.05, 0.1) is 22.6 Å². The number of carbonyl (C=O) groups excluding carboxylic acids is 1. The quantitative estimate of drug-likeness (QED) is 0.775. The molecule has 2 aromatic carbocycles. The standard InChI is InChI=1S/C18H14F3N3O/c1-10-17(18(25)22-13-5-8-15(20)16(21)9-13)11(2)24(23-10)14-6-3-12(19)4-7-14/h3-9H,1-2H3,(H,22,25). The first-order chi connectivity index (χ1) is 11.9. The molecular formula is C18H14F3N3O. The van der Waals surface area contributed by atoms with E-state index in [1.807, 2.05) is 0 Å². The van der Waals surface area contributed by atoms with Gasteiger partial charge in [-0.2, -0.15) is 5.10 Å². The van der Waals surface area contributed by atoms with Crippen LogP contribution in [0.3, 0.4) is 0 Å². The van der Waals surface area contributed by atoms with E-state index in [1.54, 1.807) is 26.0 Å². The topological polar surface area (TPSA) is 46.9 Å². The van der Waals surface area contributed by atoms with Gasteiger partial charge >= 0.3 is 0 Å². The number of rotatable bonds is 3. The number of hydrogen-bond donors (Lipinski definition) is 1. The maximum atomic E-state index is 13.3. The predicted octanol–water partition coefficient (Wildman–Crippen LogP) is 4.16. The van der Waals surface area contributed by atoms with Gasteiger partial charge in [-0.05, 0) is 50.2 Å². The Morgan fingerprint density at radius 1 is 1.00 bits per heavy atom. The Morgan fingerprint density at radius 3 is 2.32 bits per heavy atom. The average molecular weight is 345 g/mol. The van der Waals surface area contributed by atoms with Gasteiger partial charge < -0.3 is 5.32 Å². The number of amides is 1. The molecule has 0 saturated carbocycles. The Labute approximate surface area is 141 Å². The molecular weight excluding hydrogens is 331 g/mol. The highest BCUT2D eigenvalue weighted by molar-refractivity contribution is 6.05. The second-order valence-electron chi connectivity index (χ2n) is 5.52. The van der Waals surface area contributed by atoms with Crippen LogP contribution in [0.1, 0.15) is 21.7 Å². The second kappa shape index (κ2) is 6.43. The molecule has 25 heavy (non-hydrogen) atoms. The second-order valence-corrected chi connectivity index (χ2v) is 5.52. The molecule has 0 radical (unpaired) electrons. The lowest BCUT2D eigenvalue weighted by molar-refractivity contribution is 0.102. The van der Waals surface area contributed by atoms with E-state index in [1.165, 1.54) is 22.9 Å². The maximum Gasteiger partial charge on any atom is 0.259 e. The maximum absolute atomic E-state index is 13.3. The summed E-state index contributed by atoms with van der Waals surface area (Å²) < 4.78 is 40.8. The third kappa shape index (κ3) is 3.26. The Bertz CT molecular complexity index is 949. The number of nitrogens with one attached hydrogen (secondary N) is 1. The van der Waals surface area contributed by atoms with Crippen molar-refractivity contribution in [3.8, 4) is 5.69 Å². The molecule has 0 fully saturated rings. The van der Waals surface area contributed by atoms with Crippen LogP contribution in [0.5, 0.6) is 0 Å². The van der Waals surface area contributed by atoms with Crippen LogP contribution in [0.4, 0.5) is 18.9 Å². The van der Waals surface area contributed by atoms with Crippen molar-refractivity contribution in [2.24, 2.45) is 0 Å². The Hall–Kier alpha value is -3.09. The Kier molecular flexibility index (Phi) is 4.31. The van der Waals surface area contributed by atoms with Crippen LogP contribution in [-0.4, -0.2) is 15.7 Å². The van der Waals surface area contributed by atoms with Crippen molar-refractivity contribution < 1.29 is 18.0 Å². The van der Waals surface area contributed by atoms with Crippen molar-refractivity contribution in [1.29, 1.82) is 0 Å². The molecule has 7 heteroatoms. The normalized spacial score (nSPS) is 10.8. The molecule has 0 aliphatic rings. The zero-order valence-electron chi connectivity index (χ0n) is 13.5. The molecule has 0 saturated heterocycles. The summed E-state index contributed by atoms with van der Waals surface area (Å²) in [5.41, 5.74) is 2.06. The largest absolute Gasteiger partial charge is 0.322 e. The number of anilines is 1. The van der Waals surface area contributed by atoms with Crippen LogP contribution in [0.15, 0.2) is 42.5 Å². The van der Waals surface area contributed by atoms with Crippen LogP contribution in [0.25, 0.3) is 5.69 Å². The minimum absolute atomic E-state index is 0.136. The van der Waals surface area contributed by atoms with Crippen LogP contribution in [0.2, 0.25) is 0 Å². The molecule has 0 unspecified atom stereocenters. The summed E-state index contributed by atoms with van der Waals surface area (Å²) in [4.78, 5) is 12.5. The summed E-state index contributed by atoms with van der Waals surface area (Å²) in [6.07, 6.45) is 0. The van der Waals surface area contributed by atoms with E-state index in [2.05, 4.69) is 10.4 Å². The smallest absolute Gasteiger partial charge is 0.259 e. The van der Waals surface area contributed by atoms with Crippen molar-refractivity contribution >= 4 is 11.6 Å². The van der Waals surface area contributed by atoms with Crippen molar-refractivity contribution in [1.82, 2.24) is 9.78 Å². The van der Waals surface area contributed by atoms with Crippen molar-refractivity contribution in [2.45, 2.75) is 13.8 Å². The molecule has 1 amide bonds. The highest BCUT2D eigenvalue weighted by Gasteiger charge is 2.20. The zero-order chi connectivity index (χ0) is 18.1. The van der Waals surface area contributed by atoms with E-state index in [4.69, 9.17) is 0 Å². The number of carbonyl (C=O) groups is 1. The summed E-state index contributed by atoms with van der Waals surface area (Å²) in [6, 6.07) is 8.80. The van der Waals surface area contributed by atoms with Crippen LogP contribution >= 0.6 is 0 Å². The Morgan fingerprint density at radius 2 is 1.68 bits per heavy atom. The molecule has 1 heterocycles. The molecule has 0 spiro atoms. The molecule has 4 nitrogen and oxygen atoms in total. The van der Waals surface area contributed by atoms with E-state index in [-0.39, 0.29) is 11.5 Å².